The number of rotatable bonds is 1. The minimum atomic E-state index is -0.777. The normalized spacial score (nSPS) is 14.3. The molecule has 0 bridgehead atoms. The first-order valence-electron chi connectivity index (χ1n) is 4.24. The maximum absolute atomic E-state index is 13.2. The average molecular weight is 211 g/mol. The van der Waals surface area contributed by atoms with Crippen LogP contribution in [0.4, 0.5) is 10.1 Å². The van der Waals surface area contributed by atoms with Gasteiger partial charge >= 0.3 is 5.69 Å². The third kappa shape index (κ3) is 1.43. The van der Waals surface area contributed by atoms with Crippen molar-refractivity contribution in [3.63, 3.8) is 0 Å². The Morgan fingerprint density at radius 3 is 2.87 bits per heavy atom. The lowest BCUT2D eigenvalue weighted by atomic mass is 10.0. The number of nitro groups is 1. The number of carbonyl (C=O) groups excluding carboxylic acids is 1. The average Bonchev–Trinajstić information content (AvgIpc) is 2.17. The van der Waals surface area contributed by atoms with Crippen molar-refractivity contribution in [3.8, 4) is 5.75 Å². The molecule has 5 nitrogen and oxygen atoms in total. The molecule has 1 aromatic rings. The fourth-order valence-electron chi connectivity index (χ4n) is 1.47. The Morgan fingerprint density at radius 1 is 1.47 bits per heavy atom. The van der Waals surface area contributed by atoms with E-state index in [2.05, 4.69) is 0 Å². The van der Waals surface area contributed by atoms with Crippen LogP contribution in [0.25, 0.3) is 0 Å². The van der Waals surface area contributed by atoms with Crippen molar-refractivity contribution in [3.05, 3.63) is 33.6 Å². The summed E-state index contributed by atoms with van der Waals surface area (Å²) in [5.41, 5.74) is -0.685. The highest BCUT2D eigenvalue weighted by Gasteiger charge is 2.30. The first-order valence-corrected chi connectivity index (χ1v) is 4.24. The van der Waals surface area contributed by atoms with Gasteiger partial charge in [-0.3, -0.25) is 14.9 Å². The zero-order chi connectivity index (χ0) is 11.0. The van der Waals surface area contributed by atoms with E-state index >= 15 is 0 Å². The molecule has 78 valence electrons. The second-order valence-corrected chi connectivity index (χ2v) is 3.05. The van der Waals surface area contributed by atoms with Gasteiger partial charge in [0.15, 0.2) is 5.78 Å². The maximum Gasteiger partial charge on any atom is 0.311 e. The molecule has 0 saturated heterocycles. The number of nitrogens with zero attached hydrogens (tertiary/aromatic N) is 1. The van der Waals surface area contributed by atoms with Crippen LogP contribution in [0.5, 0.6) is 5.75 Å². The number of benzene rings is 1. The van der Waals surface area contributed by atoms with Gasteiger partial charge in [-0.2, -0.15) is 0 Å². The number of hydrogen-bond donors (Lipinski definition) is 0. The van der Waals surface area contributed by atoms with Crippen LogP contribution in [0.3, 0.4) is 0 Å². The Kier molecular flexibility index (Phi) is 2.11. The fraction of sp³-hybridized carbons (Fsp3) is 0.222. The van der Waals surface area contributed by atoms with Gasteiger partial charge in [0.1, 0.15) is 11.4 Å². The van der Waals surface area contributed by atoms with Crippen LogP contribution in [0.2, 0.25) is 0 Å². The van der Waals surface area contributed by atoms with Gasteiger partial charge in [-0.05, 0) is 6.07 Å². The van der Waals surface area contributed by atoms with Crippen molar-refractivity contribution in [1.29, 1.82) is 0 Å². The molecule has 0 spiro atoms. The number of fused-ring (bicyclic) bond motifs is 1. The van der Waals surface area contributed by atoms with E-state index in [1.807, 2.05) is 0 Å². The largest absolute Gasteiger partial charge is 0.486 e. The van der Waals surface area contributed by atoms with E-state index in [0.717, 1.165) is 12.1 Å². The SMILES string of the molecule is O=C1CCOc2c([N+](=O)[O-])ccc(F)c21. The van der Waals surface area contributed by atoms with E-state index in [4.69, 9.17) is 4.74 Å². The molecule has 0 aliphatic carbocycles. The van der Waals surface area contributed by atoms with Gasteiger partial charge in [0.2, 0.25) is 5.75 Å². The molecule has 0 N–H and O–H groups in total. The van der Waals surface area contributed by atoms with Gasteiger partial charge in [-0.15, -0.1) is 0 Å². The van der Waals surface area contributed by atoms with Gasteiger partial charge in [0.05, 0.1) is 11.5 Å². The standard InChI is InChI=1S/C9H6FNO4/c10-5-1-2-6(11(13)14)9-8(5)7(12)3-4-15-9/h1-2H,3-4H2. The van der Waals surface area contributed by atoms with Gasteiger partial charge in [0, 0.05) is 12.5 Å². The second kappa shape index (κ2) is 3.30. The number of carbonyl (C=O) groups is 1. The molecule has 2 rings (SSSR count). The smallest absolute Gasteiger partial charge is 0.311 e. The molecule has 0 aromatic heterocycles. The zero-order valence-corrected chi connectivity index (χ0v) is 7.53. The molecule has 0 fully saturated rings. The Hall–Kier alpha value is -1.98. The lowest BCUT2D eigenvalue weighted by Gasteiger charge is -2.15. The molecule has 1 heterocycles. The Balaban J connectivity index is 2.69. The van der Waals surface area contributed by atoms with Gasteiger partial charge in [0.25, 0.3) is 0 Å². The summed E-state index contributed by atoms with van der Waals surface area (Å²) in [7, 11) is 0. The quantitative estimate of drug-likeness (QED) is 0.523. The minimum absolute atomic E-state index is 0.0467. The molecule has 1 aromatic carbocycles. The predicted octanol–water partition coefficient (Wildman–Crippen LogP) is 1.70. The highest BCUT2D eigenvalue weighted by molar-refractivity contribution is 6.01. The lowest BCUT2D eigenvalue weighted by Crippen LogP contribution is -2.18. The number of Topliss-reactive ketones (excluding diaryl/α,β-unsaturated/α-hetero) is 1. The Bertz CT molecular complexity index is 458. The molecular weight excluding hydrogens is 205 g/mol. The predicted molar refractivity (Wildman–Crippen MR) is 47.5 cm³/mol. The van der Waals surface area contributed by atoms with Crippen molar-refractivity contribution >= 4 is 11.5 Å². The van der Waals surface area contributed by atoms with E-state index in [0.29, 0.717) is 0 Å². The van der Waals surface area contributed by atoms with Crippen molar-refractivity contribution < 1.29 is 18.8 Å². The van der Waals surface area contributed by atoms with Crippen LogP contribution >= 0.6 is 0 Å². The number of ether oxygens (including phenoxy) is 1. The summed E-state index contributed by atoms with van der Waals surface area (Å²) in [6.07, 6.45) is 0.0467. The van der Waals surface area contributed by atoms with Crippen LogP contribution < -0.4 is 4.74 Å². The van der Waals surface area contributed by atoms with Crippen LogP contribution in [-0.4, -0.2) is 17.3 Å². The van der Waals surface area contributed by atoms with Crippen molar-refractivity contribution in [1.82, 2.24) is 0 Å². The summed E-state index contributed by atoms with van der Waals surface area (Å²) in [5.74, 6) is -1.49. The van der Waals surface area contributed by atoms with Crippen LogP contribution in [0.15, 0.2) is 12.1 Å². The first kappa shape index (κ1) is 9.57. The van der Waals surface area contributed by atoms with Crippen LogP contribution in [0, 0.1) is 15.9 Å². The molecule has 0 amide bonds. The molecule has 0 radical (unpaired) electrons. The number of halogens is 1. The second-order valence-electron chi connectivity index (χ2n) is 3.05. The molecule has 1 aliphatic rings. The van der Waals surface area contributed by atoms with Gasteiger partial charge in [-0.1, -0.05) is 0 Å². The molecule has 0 unspecified atom stereocenters. The summed E-state index contributed by atoms with van der Waals surface area (Å²) in [6, 6.07) is 1.90. The summed E-state index contributed by atoms with van der Waals surface area (Å²) in [6.45, 7) is 0.0517. The molecule has 1 aliphatic heterocycles. The summed E-state index contributed by atoms with van der Waals surface area (Å²) in [4.78, 5) is 21.2. The summed E-state index contributed by atoms with van der Waals surface area (Å²) in [5, 5.41) is 10.6. The molecule has 0 saturated carbocycles. The third-order valence-electron chi connectivity index (χ3n) is 2.14. The van der Waals surface area contributed by atoms with Crippen LogP contribution in [0.1, 0.15) is 16.8 Å². The topological polar surface area (TPSA) is 69.4 Å². The lowest BCUT2D eigenvalue weighted by molar-refractivity contribution is -0.386. The van der Waals surface area contributed by atoms with E-state index in [1.165, 1.54) is 0 Å². The number of nitro benzene ring substituents is 1. The van der Waals surface area contributed by atoms with E-state index in [-0.39, 0.29) is 30.0 Å². The number of ketones is 1. The molecular formula is C9H6FNO4. The zero-order valence-electron chi connectivity index (χ0n) is 7.53. The van der Waals surface area contributed by atoms with E-state index in [9.17, 15) is 19.3 Å². The summed E-state index contributed by atoms with van der Waals surface area (Å²) >= 11 is 0. The minimum Gasteiger partial charge on any atom is -0.486 e. The molecule has 0 atom stereocenters. The van der Waals surface area contributed by atoms with E-state index < -0.39 is 16.5 Å². The van der Waals surface area contributed by atoms with Gasteiger partial charge < -0.3 is 4.74 Å². The monoisotopic (exact) mass is 211 g/mol. The highest BCUT2D eigenvalue weighted by atomic mass is 19.1. The van der Waals surface area contributed by atoms with Crippen molar-refractivity contribution in [2.45, 2.75) is 6.42 Å². The van der Waals surface area contributed by atoms with Crippen LogP contribution in [-0.2, 0) is 0 Å². The molecule has 15 heavy (non-hydrogen) atoms. The highest BCUT2D eigenvalue weighted by Crippen LogP contribution is 2.35. The Morgan fingerprint density at radius 2 is 2.20 bits per heavy atom. The van der Waals surface area contributed by atoms with Crippen molar-refractivity contribution in [2.75, 3.05) is 6.61 Å². The van der Waals surface area contributed by atoms with Crippen molar-refractivity contribution in [2.24, 2.45) is 0 Å². The Labute approximate surface area is 83.6 Å². The number of hydrogen-bond acceptors (Lipinski definition) is 4. The third-order valence-corrected chi connectivity index (χ3v) is 2.14. The fourth-order valence-corrected chi connectivity index (χ4v) is 1.47. The molecule has 6 heteroatoms. The summed E-state index contributed by atoms with van der Waals surface area (Å²) < 4.78 is 18.2. The van der Waals surface area contributed by atoms with E-state index in [1.54, 1.807) is 0 Å². The van der Waals surface area contributed by atoms with Gasteiger partial charge in [-0.25, -0.2) is 4.39 Å². The maximum atomic E-state index is 13.2. The first-order chi connectivity index (χ1) is 7.11.